The largest absolute Gasteiger partial charge is 0.481 e. The minimum atomic E-state index is -2.54. The van der Waals surface area contributed by atoms with Gasteiger partial charge in [-0.1, -0.05) is 0 Å². The van der Waals surface area contributed by atoms with Crippen LogP contribution in [0.3, 0.4) is 0 Å². The van der Waals surface area contributed by atoms with E-state index in [9.17, 15) is 13.6 Å². The Morgan fingerprint density at radius 1 is 1.54 bits per heavy atom. The molecule has 0 unspecified atom stereocenters. The highest BCUT2D eigenvalue weighted by molar-refractivity contribution is 5.73. The van der Waals surface area contributed by atoms with Crippen LogP contribution in [-0.2, 0) is 4.79 Å². The molecule has 1 fully saturated rings. The van der Waals surface area contributed by atoms with Crippen molar-refractivity contribution in [3.8, 4) is 0 Å². The third kappa shape index (κ3) is 2.39. The quantitative estimate of drug-likeness (QED) is 0.746. The maximum atomic E-state index is 12.4. The lowest BCUT2D eigenvalue weighted by atomic mass is 9.71. The van der Waals surface area contributed by atoms with Gasteiger partial charge in [0.2, 0.25) is 5.92 Å². The van der Waals surface area contributed by atoms with Gasteiger partial charge in [0.15, 0.2) is 0 Å². The summed E-state index contributed by atoms with van der Waals surface area (Å²) in [5.74, 6) is -3.58. The van der Waals surface area contributed by atoms with Crippen LogP contribution < -0.4 is 0 Å². The van der Waals surface area contributed by atoms with Crippen LogP contribution in [0.2, 0.25) is 0 Å². The zero-order valence-corrected chi connectivity index (χ0v) is 7.81. The molecule has 76 valence electrons. The van der Waals surface area contributed by atoms with Crippen LogP contribution >= 0.6 is 0 Å². The molecule has 0 atom stereocenters. The lowest BCUT2D eigenvalue weighted by Crippen LogP contribution is -2.39. The summed E-state index contributed by atoms with van der Waals surface area (Å²) >= 11 is 0. The fourth-order valence-corrected chi connectivity index (χ4v) is 1.74. The summed E-state index contributed by atoms with van der Waals surface area (Å²) in [4.78, 5) is 10.7. The summed E-state index contributed by atoms with van der Waals surface area (Å²) in [5, 5.41) is 8.75. The Labute approximate surface area is 75.9 Å². The van der Waals surface area contributed by atoms with Crippen LogP contribution in [0.1, 0.15) is 33.1 Å². The van der Waals surface area contributed by atoms with E-state index >= 15 is 0 Å². The Kier molecular flexibility index (Phi) is 2.34. The molecule has 0 aromatic heterocycles. The van der Waals surface area contributed by atoms with Crippen LogP contribution in [0.5, 0.6) is 0 Å². The Morgan fingerprint density at radius 3 is 2.31 bits per heavy atom. The van der Waals surface area contributed by atoms with Crippen LogP contribution in [0.15, 0.2) is 0 Å². The summed E-state index contributed by atoms with van der Waals surface area (Å²) in [6.45, 7) is 3.15. The molecule has 0 aliphatic heterocycles. The summed E-state index contributed by atoms with van der Waals surface area (Å²) in [7, 11) is 0. The van der Waals surface area contributed by atoms with E-state index in [1.54, 1.807) is 13.8 Å². The van der Waals surface area contributed by atoms with Gasteiger partial charge in [-0.3, -0.25) is 4.79 Å². The summed E-state index contributed by atoms with van der Waals surface area (Å²) in [6, 6.07) is 0. The molecule has 0 aromatic rings. The van der Waals surface area contributed by atoms with Gasteiger partial charge in [0, 0.05) is 12.8 Å². The number of rotatable bonds is 3. The third-order valence-electron chi connectivity index (χ3n) is 2.55. The molecule has 13 heavy (non-hydrogen) atoms. The van der Waals surface area contributed by atoms with Crippen molar-refractivity contribution in [3.05, 3.63) is 0 Å². The molecule has 1 N–H and O–H groups in total. The molecular formula is C9H14F2O2. The predicted molar refractivity (Wildman–Crippen MR) is 43.7 cm³/mol. The zero-order valence-electron chi connectivity index (χ0n) is 7.81. The van der Waals surface area contributed by atoms with Gasteiger partial charge < -0.3 is 5.11 Å². The second-order valence-corrected chi connectivity index (χ2v) is 4.52. The predicted octanol–water partition coefficient (Wildman–Crippen LogP) is 2.53. The molecule has 2 nitrogen and oxygen atoms in total. The highest BCUT2D eigenvalue weighted by Crippen LogP contribution is 2.47. The number of hydrogen-bond acceptors (Lipinski definition) is 1. The van der Waals surface area contributed by atoms with Crippen molar-refractivity contribution in [3.63, 3.8) is 0 Å². The summed E-state index contributed by atoms with van der Waals surface area (Å²) in [6.07, 6.45) is 0.0470. The van der Waals surface area contributed by atoms with Crippen molar-refractivity contribution < 1.29 is 18.7 Å². The first kappa shape index (κ1) is 10.4. The van der Waals surface area contributed by atoms with Gasteiger partial charge >= 0.3 is 5.97 Å². The Bertz CT molecular complexity index is 216. The van der Waals surface area contributed by atoms with Crippen molar-refractivity contribution >= 4 is 5.97 Å². The van der Waals surface area contributed by atoms with Crippen LogP contribution in [0, 0.1) is 11.3 Å². The van der Waals surface area contributed by atoms with Gasteiger partial charge in [-0.15, -0.1) is 0 Å². The number of carboxylic acids is 1. The second kappa shape index (κ2) is 2.93. The van der Waals surface area contributed by atoms with Gasteiger partial charge in [-0.25, -0.2) is 8.78 Å². The lowest BCUT2D eigenvalue weighted by molar-refractivity contribution is -0.154. The van der Waals surface area contributed by atoms with Crippen molar-refractivity contribution in [2.24, 2.45) is 11.3 Å². The number of alkyl halides is 2. The van der Waals surface area contributed by atoms with E-state index in [4.69, 9.17) is 5.11 Å². The molecule has 1 aliphatic carbocycles. The fraction of sp³-hybridized carbons (Fsp3) is 0.889. The number of halogens is 2. The maximum absolute atomic E-state index is 12.4. The SMILES string of the molecule is CC(C)(CC1CC(F)(F)C1)C(=O)O. The minimum Gasteiger partial charge on any atom is -0.481 e. The molecule has 1 saturated carbocycles. The van der Waals surface area contributed by atoms with Crippen LogP contribution in [0.25, 0.3) is 0 Å². The van der Waals surface area contributed by atoms with E-state index in [-0.39, 0.29) is 18.8 Å². The van der Waals surface area contributed by atoms with E-state index in [0.29, 0.717) is 6.42 Å². The molecule has 0 amide bonds. The van der Waals surface area contributed by atoms with Crippen LogP contribution in [0.4, 0.5) is 8.78 Å². The Morgan fingerprint density at radius 2 is 2.00 bits per heavy atom. The van der Waals surface area contributed by atoms with Crippen molar-refractivity contribution in [1.82, 2.24) is 0 Å². The third-order valence-corrected chi connectivity index (χ3v) is 2.55. The molecule has 0 aromatic carbocycles. The minimum absolute atomic E-state index is 0.124. The van der Waals surface area contributed by atoms with Crippen molar-refractivity contribution in [2.75, 3.05) is 0 Å². The first-order valence-corrected chi connectivity index (χ1v) is 4.34. The zero-order chi connectivity index (χ0) is 10.3. The topological polar surface area (TPSA) is 37.3 Å². The molecular weight excluding hydrogens is 178 g/mol. The summed E-state index contributed by atoms with van der Waals surface area (Å²) in [5.41, 5.74) is -0.874. The fourth-order valence-electron chi connectivity index (χ4n) is 1.74. The molecule has 0 radical (unpaired) electrons. The van der Waals surface area contributed by atoms with E-state index in [2.05, 4.69) is 0 Å². The van der Waals surface area contributed by atoms with Gasteiger partial charge in [0.1, 0.15) is 0 Å². The number of carboxylic acid groups (broad SMARTS) is 1. The smallest absolute Gasteiger partial charge is 0.309 e. The maximum Gasteiger partial charge on any atom is 0.309 e. The molecule has 0 spiro atoms. The molecule has 0 bridgehead atoms. The van der Waals surface area contributed by atoms with Gasteiger partial charge in [-0.2, -0.15) is 0 Å². The van der Waals surface area contributed by atoms with Gasteiger partial charge in [-0.05, 0) is 26.2 Å². The number of aliphatic carboxylic acids is 1. The van der Waals surface area contributed by atoms with E-state index in [1.165, 1.54) is 0 Å². The van der Waals surface area contributed by atoms with Gasteiger partial charge in [0.25, 0.3) is 0 Å². The Hall–Kier alpha value is -0.670. The summed E-state index contributed by atoms with van der Waals surface area (Å²) < 4.78 is 24.8. The highest BCUT2D eigenvalue weighted by Gasteiger charge is 2.47. The first-order chi connectivity index (χ1) is 5.73. The first-order valence-electron chi connectivity index (χ1n) is 4.34. The molecule has 0 saturated heterocycles. The molecule has 1 aliphatic rings. The molecule has 1 rings (SSSR count). The van der Waals surface area contributed by atoms with E-state index in [1.807, 2.05) is 0 Å². The average Bonchev–Trinajstić information content (AvgIpc) is 1.81. The second-order valence-electron chi connectivity index (χ2n) is 4.52. The van der Waals surface area contributed by atoms with Gasteiger partial charge in [0.05, 0.1) is 5.41 Å². The van der Waals surface area contributed by atoms with E-state index < -0.39 is 17.3 Å². The molecule has 0 heterocycles. The Balaban J connectivity index is 2.40. The number of carbonyl (C=O) groups is 1. The highest BCUT2D eigenvalue weighted by atomic mass is 19.3. The monoisotopic (exact) mass is 192 g/mol. The normalized spacial score (nSPS) is 22.5. The average molecular weight is 192 g/mol. The lowest BCUT2D eigenvalue weighted by Gasteiger charge is -2.38. The molecule has 4 heteroatoms. The van der Waals surface area contributed by atoms with Crippen molar-refractivity contribution in [2.45, 2.75) is 39.0 Å². The van der Waals surface area contributed by atoms with Crippen molar-refractivity contribution in [1.29, 1.82) is 0 Å². The number of hydrogen-bond donors (Lipinski definition) is 1. The van der Waals surface area contributed by atoms with E-state index in [0.717, 1.165) is 0 Å². The standard InChI is InChI=1S/C9H14F2O2/c1-8(2,7(12)13)3-6-4-9(10,11)5-6/h6H,3-5H2,1-2H3,(H,12,13). The van der Waals surface area contributed by atoms with Crippen LogP contribution in [-0.4, -0.2) is 17.0 Å².